The summed E-state index contributed by atoms with van der Waals surface area (Å²) >= 11 is 0. The zero-order valence-electron chi connectivity index (χ0n) is 29.1. The van der Waals surface area contributed by atoms with E-state index in [4.69, 9.17) is 4.74 Å². The van der Waals surface area contributed by atoms with Crippen LogP contribution >= 0.6 is 14.3 Å². The number of hydrogen-bond acceptors (Lipinski definition) is 3. The molecule has 0 bridgehead atoms. The molecule has 49 heavy (non-hydrogen) atoms. The SMILES string of the molecule is CC(C)(C)c1ccc(Oc2ccc(C(C)(C)C)cc2P(=O)(c2ccccc2)c2ccccc2)c(P(=O)(c2ccccc2)c2ccccc2)c1. The van der Waals surface area contributed by atoms with Crippen LogP contribution in [0.3, 0.4) is 0 Å². The second kappa shape index (κ2) is 13.5. The highest BCUT2D eigenvalue weighted by molar-refractivity contribution is 7.86. The van der Waals surface area contributed by atoms with Gasteiger partial charge in [0.2, 0.25) is 0 Å². The lowest BCUT2D eigenvalue weighted by Crippen LogP contribution is -2.29. The van der Waals surface area contributed by atoms with Crippen molar-refractivity contribution in [1.82, 2.24) is 0 Å². The third-order valence-electron chi connectivity index (χ3n) is 9.03. The van der Waals surface area contributed by atoms with Gasteiger partial charge in [-0.3, -0.25) is 0 Å². The molecule has 0 saturated heterocycles. The molecule has 0 aliphatic heterocycles. The van der Waals surface area contributed by atoms with Crippen molar-refractivity contribution in [3.8, 4) is 11.5 Å². The van der Waals surface area contributed by atoms with E-state index in [0.717, 1.165) is 32.3 Å². The fraction of sp³-hybridized carbons (Fsp3) is 0.182. The van der Waals surface area contributed by atoms with E-state index in [1.807, 2.05) is 146 Å². The van der Waals surface area contributed by atoms with Gasteiger partial charge in [0.25, 0.3) is 0 Å². The summed E-state index contributed by atoms with van der Waals surface area (Å²) in [5, 5.41) is 4.11. The lowest BCUT2D eigenvalue weighted by atomic mass is 9.87. The van der Waals surface area contributed by atoms with Gasteiger partial charge in [-0.2, -0.15) is 0 Å². The highest BCUT2D eigenvalue weighted by atomic mass is 31.2. The predicted octanol–water partition coefficient (Wildman–Crippen LogP) is 9.35. The summed E-state index contributed by atoms with van der Waals surface area (Å²) in [4.78, 5) is 0. The minimum Gasteiger partial charge on any atom is -0.456 e. The smallest absolute Gasteiger partial charge is 0.174 e. The van der Waals surface area contributed by atoms with Crippen LogP contribution in [-0.4, -0.2) is 0 Å². The molecule has 3 nitrogen and oxygen atoms in total. The lowest BCUT2D eigenvalue weighted by molar-refractivity contribution is 0.487. The van der Waals surface area contributed by atoms with Gasteiger partial charge >= 0.3 is 0 Å². The Hall–Kier alpha value is -4.42. The molecular formula is C44H44O3P2. The van der Waals surface area contributed by atoms with Crippen LogP contribution in [0.25, 0.3) is 0 Å². The quantitative estimate of drug-likeness (QED) is 0.150. The molecule has 5 heteroatoms. The van der Waals surface area contributed by atoms with Gasteiger partial charge < -0.3 is 13.9 Å². The molecule has 0 saturated carbocycles. The molecule has 0 spiro atoms. The fourth-order valence-corrected chi connectivity index (χ4v) is 11.7. The van der Waals surface area contributed by atoms with E-state index >= 15 is 9.13 Å². The summed E-state index contributed by atoms with van der Waals surface area (Å²) in [5.74, 6) is 0.947. The fourth-order valence-electron chi connectivity index (χ4n) is 6.16. The van der Waals surface area contributed by atoms with Crippen LogP contribution in [0, 0.1) is 0 Å². The first kappa shape index (κ1) is 34.4. The average molecular weight is 683 g/mol. The Balaban J connectivity index is 1.65. The first-order valence-corrected chi connectivity index (χ1v) is 20.1. The van der Waals surface area contributed by atoms with Crippen LogP contribution in [0.2, 0.25) is 0 Å². The van der Waals surface area contributed by atoms with Crippen LogP contribution in [0.4, 0.5) is 0 Å². The Morgan fingerprint density at radius 1 is 0.388 bits per heavy atom. The van der Waals surface area contributed by atoms with Crippen molar-refractivity contribution in [2.45, 2.75) is 52.4 Å². The first-order chi connectivity index (χ1) is 23.3. The van der Waals surface area contributed by atoms with Gasteiger partial charge in [0, 0.05) is 21.2 Å². The summed E-state index contributed by atoms with van der Waals surface area (Å²) in [7, 11) is -6.90. The van der Waals surface area contributed by atoms with Crippen LogP contribution in [0.1, 0.15) is 52.7 Å². The molecule has 0 unspecified atom stereocenters. The zero-order valence-corrected chi connectivity index (χ0v) is 30.9. The summed E-state index contributed by atoms with van der Waals surface area (Å²) in [5.41, 5.74) is 1.68. The molecule has 0 radical (unpaired) electrons. The van der Waals surface area contributed by atoms with E-state index < -0.39 is 14.3 Å². The molecular weight excluding hydrogens is 638 g/mol. The summed E-state index contributed by atoms with van der Waals surface area (Å²) in [6, 6.07) is 50.7. The van der Waals surface area contributed by atoms with Crippen molar-refractivity contribution < 1.29 is 13.9 Å². The Kier molecular flexibility index (Phi) is 9.47. The van der Waals surface area contributed by atoms with Gasteiger partial charge in [0.05, 0.1) is 10.6 Å². The van der Waals surface area contributed by atoms with Crippen molar-refractivity contribution in [3.63, 3.8) is 0 Å². The molecule has 6 aromatic rings. The number of benzene rings is 6. The maximum Gasteiger partial charge on any atom is 0.174 e. The molecule has 0 aromatic heterocycles. The van der Waals surface area contributed by atoms with Crippen molar-refractivity contribution in [3.05, 3.63) is 169 Å². The van der Waals surface area contributed by atoms with Crippen LogP contribution in [0.5, 0.6) is 11.5 Å². The monoisotopic (exact) mass is 682 g/mol. The molecule has 0 heterocycles. The van der Waals surface area contributed by atoms with E-state index in [-0.39, 0.29) is 10.8 Å². The normalized spacial score (nSPS) is 12.4. The predicted molar refractivity (Wildman–Crippen MR) is 209 cm³/mol. The zero-order chi connectivity index (χ0) is 34.9. The lowest BCUT2D eigenvalue weighted by Gasteiger charge is -2.28. The van der Waals surface area contributed by atoms with Crippen molar-refractivity contribution in [2.24, 2.45) is 0 Å². The Morgan fingerprint density at radius 3 is 0.898 bits per heavy atom. The third kappa shape index (κ3) is 6.76. The van der Waals surface area contributed by atoms with E-state index in [9.17, 15) is 0 Å². The molecule has 0 fully saturated rings. The minimum atomic E-state index is -3.45. The highest BCUT2D eigenvalue weighted by Gasteiger charge is 2.37. The highest BCUT2D eigenvalue weighted by Crippen LogP contribution is 2.49. The maximum atomic E-state index is 15.9. The second-order valence-corrected chi connectivity index (χ2v) is 20.0. The molecule has 0 amide bonds. The summed E-state index contributed by atoms with van der Waals surface area (Å²) in [6.07, 6.45) is 0. The minimum absolute atomic E-state index is 0.207. The van der Waals surface area contributed by atoms with Crippen molar-refractivity contribution in [2.75, 3.05) is 0 Å². The summed E-state index contributed by atoms with van der Waals surface area (Å²) in [6.45, 7) is 12.9. The van der Waals surface area contributed by atoms with Gasteiger partial charge in [-0.1, -0.05) is 175 Å². The van der Waals surface area contributed by atoms with E-state index in [0.29, 0.717) is 22.1 Å². The standard InChI is InChI=1S/C44H44O3P2/c1-43(2,3)33-27-29-39(41(31-33)48(45,35-19-11-7-12-20-35)36-21-13-8-14-22-36)47-40-30-28-34(44(4,5)6)32-42(40)49(46,37-23-15-9-16-24-37)38-25-17-10-18-26-38/h7-32H,1-6H3. The summed E-state index contributed by atoms with van der Waals surface area (Å²) < 4.78 is 38.8. The molecule has 0 aliphatic rings. The molecule has 6 aromatic carbocycles. The Bertz CT molecular complexity index is 1900. The maximum absolute atomic E-state index is 15.9. The van der Waals surface area contributed by atoms with E-state index in [1.165, 1.54) is 0 Å². The van der Waals surface area contributed by atoms with Gasteiger partial charge in [0.15, 0.2) is 14.3 Å². The van der Waals surface area contributed by atoms with Crippen molar-refractivity contribution in [1.29, 1.82) is 0 Å². The number of hydrogen-bond donors (Lipinski definition) is 0. The molecule has 0 N–H and O–H groups in total. The van der Waals surface area contributed by atoms with E-state index in [2.05, 4.69) is 53.7 Å². The van der Waals surface area contributed by atoms with Gasteiger partial charge in [0.1, 0.15) is 11.5 Å². The Morgan fingerprint density at radius 2 is 0.653 bits per heavy atom. The van der Waals surface area contributed by atoms with E-state index in [1.54, 1.807) is 0 Å². The Labute approximate surface area is 291 Å². The van der Waals surface area contributed by atoms with Crippen LogP contribution in [0.15, 0.2) is 158 Å². The molecule has 0 aliphatic carbocycles. The largest absolute Gasteiger partial charge is 0.456 e. The van der Waals surface area contributed by atoms with Crippen LogP contribution in [-0.2, 0) is 20.0 Å². The van der Waals surface area contributed by atoms with Crippen molar-refractivity contribution >= 4 is 46.1 Å². The van der Waals surface area contributed by atoms with Gasteiger partial charge in [-0.05, 0) is 46.2 Å². The van der Waals surface area contributed by atoms with Gasteiger partial charge in [-0.15, -0.1) is 0 Å². The topological polar surface area (TPSA) is 43.4 Å². The second-order valence-electron chi connectivity index (χ2n) is 14.5. The third-order valence-corrected chi connectivity index (χ3v) is 15.2. The first-order valence-electron chi connectivity index (χ1n) is 16.7. The molecule has 6 rings (SSSR count). The van der Waals surface area contributed by atoms with Gasteiger partial charge in [-0.25, -0.2) is 0 Å². The van der Waals surface area contributed by atoms with Crippen LogP contribution < -0.4 is 36.6 Å². The molecule has 248 valence electrons. The number of rotatable bonds is 8. The number of ether oxygens (including phenoxy) is 1. The average Bonchev–Trinajstić information content (AvgIpc) is 3.12. The molecule has 0 atom stereocenters.